The number of halogens is 11. The number of aliphatic hydroxyl groups excluding tert-OH is 1. The Labute approximate surface area is 397 Å². The third-order valence-corrected chi connectivity index (χ3v) is 15.6. The number of nitrogens with one attached hydrogen (secondary N) is 2. The van der Waals surface area contributed by atoms with Gasteiger partial charge in [0.05, 0.1) is 45.3 Å². The molecular formula is C42H41ClF10N8O7S2. The lowest BCUT2D eigenvalue weighted by Gasteiger charge is -2.25. The second-order valence-corrected chi connectivity index (χ2v) is 22.5. The molecule has 0 saturated heterocycles. The lowest BCUT2D eigenvalue weighted by atomic mass is 9.93. The summed E-state index contributed by atoms with van der Waals surface area (Å²) in [5, 5.41) is 20.1. The van der Waals surface area contributed by atoms with Crippen molar-refractivity contribution < 1.29 is 75.4 Å². The molecule has 15 nitrogen and oxygen atoms in total. The molecule has 5 aromatic rings. The van der Waals surface area contributed by atoms with Crippen LogP contribution in [0, 0.1) is 17.6 Å². The van der Waals surface area contributed by atoms with Crippen LogP contribution in [0.25, 0.3) is 22.0 Å². The summed E-state index contributed by atoms with van der Waals surface area (Å²) in [6, 6.07) is 3.73. The molecule has 3 aromatic heterocycles. The van der Waals surface area contributed by atoms with Crippen molar-refractivity contribution in [3.8, 4) is 11.1 Å². The maximum absolute atomic E-state index is 15.6. The molecule has 28 heteroatoms. The summed E-state index contributed by atoms with van der Waals surface area (Å²) in [6.07, 6.45) is -10.0. The number of fused-ring (bicyclic) bond motifs is 4. The molecule has 2 aromatic carbocycles. The zero-order chi connectivity index (χ0) is 51.8. The Morgan fingerprint density at radius 1 is 0.957 bits per heavy atom. The molecule has 7 rings (SSSR count). The smallest absolute Gasteiger partial charge is 0.395 e. The molecule has 2 aliphatic carbocycles. The summed E-state index contributed by atoms with van der Waals surface area (Å²) in [4.78, 5) is 32.1. The molecule has 3 N–H and O–H groups in total. The fraction of sp³-hybridized carbons (Fsp3) is 0.452. The number of aromatic nitrogens is 5. The van der Waals surface area contributed by atoms with E-state index >= 15 is 8.78 Å². The highest BCUT2D eigenvalue weighted by molar-refractivity contribution is 7.93. The molecule has 1 fully saturated rings. The van der Waals surface area contributed by atoms with Crippen LogP contribution in [0.3, 0.4) is 0 Å². The second-order valence-electron chi connectivity index (χ2n) is 17.6. The number of amides is 3. The number of sulfonamides is 1. The monoisotopic (exact) mass is 1060 g/mol. The molecule has 0 spiro atoms. The van der Waals surface area contributed by atoms with Gasteiger partial charge in [0, 0.05) is 47.2 Å². The minimum absolute atomic E-state index is 0.00403. The van der Waals surface area contributed by atoms with Crippen molar-refractivity contribution in [3.05, 3.63) is 93.0 Å². The Balaban J connectivity index is 1.46. The van der Waals surface area contributed by atoms with E-state index in [1.165, 1.54) is 26.0 Å². The molecule has 0 bridgehead atoms. The Kier molecular flexibility index (Phi) is 13.6. The zero-order valence-electron chi connectivity index (χ0n) is 37.0. The second kappa shape index (κ2) is 18.3. The average Bonchev–Trinajstić information content (AvgIpc) is 3.73. The van der Waals surface area contributed by atoms with Crippen molar-refractivity contribution in [2.45, 2.75) is 87.6 Å². The molecule has 1 unspecified atom stereocenters. The van der Waals surface area contributed by atoms with Crippen molar-refractivity contribution in [2.24, 2.45) is 5.92 Å². The standard InChI is InChI=1S/C42H41ClF10N8O7S2/c1-39(2,69(3,65)66)10-9-23-5-6-24(25-7-8-28(43)32-34(25)60(19-40(46,47)48)58-37(32)61(70(4,67)68)38(64)54-11-12-62)33(55-23)29(15-20-13-21(44)16-22(45)14-20)56-30(63)18-59-36-31(35(57-59)42(51,52)53)26-17-27(26)41(36,49)50/h5-8,13-14,16,26-27,29,62H,9-12,15,17-19H2,1-4H3,(H,54,64)(H,56,63)/t26-,27?,29-/m0/s1. The average molecular weight is 1060 g/mol. The van der Waals surface area contributed by atoms with Gasteiger partial charge < -0.3 is 15.7 Å². The number of aryl methyl sites for hydroxylation is 1. The van der Waals surface area contributed by atoms with Crippen LogP contribution in [0.5, 0.6) is 0 Å². The van der Waals surface area contributed by atoms with Crippen LogP contribution in [-0.4, -0.2) is 95.0 Å². The summed E-state index contributed by atoms with van der Waals surface area (Å²) >= 11 is 6.59. The molecule has 3 heterocycles. The van der Waals surface area contributed by atoms with Crippen LogP contribution in [0.1, 0.15) is 72.6 Å². The van der Waals surface area contributed by atoms with E-state index < -0.39 is 156 Å². The highest BCUT2D eigenvalue weighted by Crippen LogP contribution is 2.68. The van der Waals surface area contributed by atoms with Gasteiger partial charge in [0.25, 0.3) is 5.92 Å². The summed E-state index contributed by atoms with van der Waals surface area (Å²) in [6.45, 7) is -1.64. The van der Waals surface area contributed by atoms with Gasteiger partial charge in [-0.05, 0) is 75.3 Å². The number of benzene rings is 2. The van der Waals surface area contributed by atoms with E-state index in [-0.39, 0.29) is 61.0 Å². The van der Waals surface area contributed by atoms with E-state index in [9.17, 15) is 66.7 Å². The summed E-state index contributed by atoms with van der Waals surface area (Å²) < 4.78 is 197. The molecule has 380 valence electrons. The van der Waals surface area contributed by atoms with E-state index in [0.717, 1.165) is 30.5 Å². The van der Waals surface area contributed by atoms with Crippen LogP contribution in [0.2, 0.25) is 5.02 Å². The zero-order valence-corrected chi connectivity index (χ0v) is 39.4. The lowest BCUT2D eigenvalue weighted by Crippen LogP contribution is -2.44. The quantitative estimate of drug-likeness (QED) is 0.0841. The number of anilines is 1. The molecule has 0 aliphatic heterocycles. The minimum atomic E-state index is -5.21. The molecule has 3 amide bonds. The van der Waals surface area contributed by atoms with Crippen LogP contribution in [0.15, 0.2) is 42.5 Å². The first-order chi connectivity index (χ1) is 32.2. The fourth-order valence-electron chi connectivity index (χ4n) is 8.46. The number of urea groups is 1. The van der Waals surface area contributed by atoms with Crippen LogP contribution in [-0.2, 0) is 62.7 Å². The maximum Gasteiger partial charge on any atom is 0.435 e. The van der Waals surface area contributed by atoms with Gasteiger partial charge in [0.2, 0.25) is 15.9 Å². The van der Waals surface area contributed by atoms with Crippen molar-refractivity contribution in [2.75, 3.05) is 30.0 Å². The third-order valence-electron chi connectivity index (χ3n) is 12.0. The number of rotatable bonds is 16. The molecular weight excluding hydrogens is 1020 g/mol. The number of hydrogen-bond acceptors (Lipinski definition) is 10. The van der Waals surface area contributed by atoms with Crippen molar-refractivity contribution in [3.63, 3.8) is 0 Å². The molecule has 3 atom stereocenters. The van der Waals surface area contributed by atoms with Gasteiger partial charge in [-0.2, -0.15) is 49.6 Å². The van der Waals surface area contributed by atoms with E-state index in [1.54, 1.807) is 0 Å². The molecule has 0 radical (unpaired) electrons. The van der Waals surface area contributed by atoms with Crippen LogP contribution < -0.4 is 14.9 Å². The van der Waals surface area contributed by atoms with Gasteiger partial charge in [-0.3, -0.25) is 19.1 Å². The maximum atomic E-state index is 15.6. The Hall–Kier alpha value is -5.54. The van der Waals surface area contributed by atoms with Gasteiger partial charge in [-0.25, -0.2) is 30.4 Å². The van der Waals surface area contributed by atoms with E-state index in [2.05, 4.69) is 25.8 Å². The van der Waals surface area contributed by atoms with Gasteiger partial charge in [-0.15, -0.1) is 0 Å². The fourth-order valence-corrected chi connectivity index (χ4v) is 9.98. The predicted octanol–water partition coefficient (Wildman–Crippen LogP) is 7.34. The normalized spacial score (nSPS) is 17.3. The Bertz CT molecular complexity index is 3120. The highest BCUT2D eigenvalue weighted by Gasteiger charge is 2.68. The first-order valence-corrected chi connectivity index (χ1v) is 25.0. The van der Waals surface area contributed by atoms with E-state index in [4.69, 9.17) is 11.6 Å². The van der Waals surface area contributed by atoms with Crippen molar-refractivity contribution >= 4 is 60.1 Å². The molecule has 2 aliphatic rings. The van der Waals surface area contributed by atoms with Gasteiger partial charge in [0.15, 0.2) is 21.3 Å². The Morgan fingerprint density at radius 2 is 1.60 bits per heavy atom. The number of carbonyl (C=O) groups excluding carboxylic acids is 2. The molecule has 70 heavy (non-hydrogen) atoms. The molecule has 1 saturated carbocycles. The van der Waals surface area contributed by atoms with Crippen LogP contribution >= 0.6 is 11.6 Å². The van der Waals surface area contributed by atoms with Gasteiger partial charge >= 0.3 is 18.4 Å². The van der Waals surface area contributed by atoms with Gasteiger partial charge in [-0.1, -0.05) is 23.7 Å². The lowest BCUT2D eigenvalue weighted by molar-refractivity contribution is -0.143. The van der Waals surface area contributed by atoms with Crippen molar-refractivity contribution in [1.82, 2.24) is 35.2 Å². The summed E-state index contributed by atoms with van der Waals surface area (Å²) in [5.74, 6) is -11.0. The van der Waals surface area contributed by atoms with E-state index in [1.807, 2.05) is 0 Å². The first kappa shape index (κ1) is 52.3. The topological polar surface area (TPSA) is 198 Å². The van der Waals surface area contributed by atoms with E-state index in [0.29, 0.717) is 12.3 Å². The number of nitrogens with zero attached hydrogens (tertiary/aromatic N) is 6. The summed E-state index contributed by atoms with van der Waals surface area (Å²) in [7, 11) is -8.51. The first-order valence-electron chi connectivity index (χ1n) is 20.9. The summed E-state index contributed by atoms with van der Waals surface area (Å²) in [5.41, 5.74) is -5.23. The number of pyridine rings is 1. The largest absolute Gasteiger partial charge is 0.435 e. The van der Waals surface area contributed by atoms with Crippen molar-refractivity contribution in [1.29, 1.82) is 0 Å². The highest BCUT2D eigenvalue weighted by atomic mass is 35.5. The number of carbonyl (C=O) groups is 2. The number of aliphatic hydroxyl groups is 1. The number of hydrogen-bond donors (Lipinski definition) is 3. The van der Waals surface area contributed by atoms with Gasteiger partial charge in [0.1, 0.15) is 30.4 Å². The third kappa shape index (κ3) is 10.4. The SMILES string of the molecule is CC(C)(CCc1ccc(-c2ccc(Cl)c3c(N(C(=O)NCCO)S(C)(=O)=O)nn(CC(F)(F)F)c23)c([C@H](Cc2cc(F)cc(F)c2)NC(=O)Cn2nc(C(F)(F)F)c3c2C(F)(F)C2C[C@H]32)n1)S(C)(=O)=O. The number of alkyl halides is 8. The predicted molar refractivity (Wildman–Crippen MR) is 232 cm³/mol. The Morgan fingerprint density at radius 3 is 2.19 bits per heavy atom. The van der Waals surface area contributed by atoms with Crippen LogP contribution in [0.4, 0.5) is 54.5 Å². The number of sulfone groups is 1. The minimum Gasteiger partial charge on any atom is -0.395 e.